The molecule has 2 rings (SSSR count). The van der Waals surface area contributed by atoms with Crippen molar-refractivity contribution in [2.24, 2.45) is 5.41 Å². The Hall–Kier alpha value is -2.13. The maximum Gasteiger partial charge on any atom is 0.309 e. The SMILES string of the molecule is Cc1ccccc1-c1ccccc1CNCCC(C)(C)C(=O)O. The van der Waals surface area contributed by atoms with Gasteiger partial charge in [-0.2, -0.15) is 0 Å². The molecule has 0 heterocycles. The predicted molar refractivity (Wildman–Crippen MR) is 94.4 cm³/mol. The van der Waals surface area contributed by atoms with Crippen molar-refractivity contribution in [1.82, 2.24) is 5.32 Å². The van der Waals surface area contributed by atoms with Crippen LogP contribution >= 0.6 is 0 Å². The molecule has 0 spiro atoms. The largest absolute Gasteiger partial charge is 0.481 e. The standard InChI is InChI=1S/C20H25NO2/c1-15-8-4-6-10-17(15)18-11-7-5-9-16(18)14-21-13-12-20(2,3)19(22)23/h4-11,21H,12-14H2,1-3H3,(H,22,23). The van der Waals surface area contributed by atoms with Crippen molar-refractivity contribution in [3.05, 3.63) is 59.7 Å². The zero-order valence-electron chi connectivity index (χ0n) is 14.1. The maximum absolute atomic E-state index is 11.1. The summed E-state index contributed by atoms with van der Waals surface area (Å²) in [7, 11) is 0. The highest BCUT2D eigenvalue weighted by atomic mass is 16.4. The summed E-state index contributed by atoms with van der Waals surface area (Å²) in [5.74, 6) is -0.750. The van der Waals surface area contributed by atoms with E-state index < -0.39 is 11.4 Å². The third kappa shape index (κ3) is 4.42. The number of carboxylic acid groups (broad SMARTS) is 1. The molecule has 0 aliphatic carbocycles. The van der Waals surface area contributed by atoms with E-state index in [9.17, 15) is 4.79 Å². The summed E-state index contributed by atoms with van der Waals surface area (Å²) in [5.41, 5.74) is 4.27. The molecule has 0 saturated heterocycles. The summed E-state index contributed by atoms with van der Waals surface area (Å²) in [4.78, 5) is 11.1. The van der Waals surface area contributed by atoms with Crippen LogP contribution in [0.25, 0.3) is 11.1 Å². The van der Waals surface area contributed by atoms with Crippen molar-refractivity contribution in [1.29, 1.82) is 0 Å². The van der Waals surface area contributed by atoms with Crippen LogP contribution in [-0.4, -0.2) is 17.6 Å². The molecular weight excluding hydrogens is 286 g/mol. The zero-order valence-corrected chi connectivity index (χ0v) is 14.1. The number of rotatable bonds is 7. The van der Waals surface area contributed by atoms with Crippen LogP contribution in [0, 0.1) is 12.3 Å². The molecule has 122 valence electrons. The molecule has 23 heavy (non-hydrogen) atoms. The van der Waals surface area contributed by atoms with Crippen molar-refractivity contribution < 1.29 is 9.90 Å². The number of carboxylic acids is 1. The number of nitrogens with one attached hydrogen (secondary N) is 1. The molecule has 2 aromatic carbocycles. The van der Waals surface area contributed by atoms with Gasteiger partial charge in [-0.3, -0.25) is 4.79 Å². The summed E-state index contributed by atoms with van der Waals surface area (Å²) < 4.78 is 0. The van der Waals surface area contributed by atoms with Gasteiger partial charge in [0.2, 0.25) is 0 Å². The van der Waals surface area contributed by atoms with E-state index in [2.05, 4.69) is 48.6 Å². The van der Waals surface area contributed by atoms with Gasteiger partial charge >= 0.3 is 5.97 Å². The van der Waals surface area contributed by atoms with Crippen LogP contribution in [-0.2, 0) is 11.3 Å². The first-order valence-corrected chi connectivity index (χ1v) is 8.00. The zero-order chi connectivity index (χ0) is 16.9. The Morgan fingerprint density at radius 2 is 1.65 bits per heavy atom. The third-order valence-electron chi connectivity index (χ3n) is 4.27. The van der Waals surface area contributed by atoms with Crippen LogP contribution in [0.5, 0.6) is 0 Å². The fourth-order valence-corrected chi connectivity index (χ4v) is 2.54. The Bertz CT molecular complexity index is 677. The van der Waals surface area contributed by atoms with Crippen molar-refractivity contribution >= 4 is 5.97 Å². The minimum Gasteiger partial charge on any atom is -0.481 e. The summed E-state index contributed by atoms with van der Waals surface area (Å²) in [6, 6.07) is 16.7. The fraction of sp³-hybridized carbons (Fsp3) is 0.350. The van der Waals surface area contributed by atoms with Crippen LogP contribution in [0.3, 0.4) is 0 Å². The Morgan fingerprint density at radius 1 is 1.04 bits per heavy atom. The second-order valence-electron chi connectivity index (χ2n) is 6.59. The lowest BCUT2D eigenvalue weighted by Gasteiger charge is -2.19. The number of hydrogen-bond acceptors (Lipinski definition) is 2. The summed E-state index contributed by atoms with van der Waals surface area (Å²) in [6.07, 6.45) is 0.606. The van der Waals surface area contributed by atoms with Crippen molar-refractivity contribution in [2.45, 2.75) is 33.7 Å². The smallest absolute Gasteiger partial charge is 0.309 e. The number of carbonyl (C=O) groups is 1. The summed E-state index contributed by atoms with van der Waals surface area (Å²) >= 11 is 0. The average molecular weight is 311 g/mol. The molecule has 3 heteroatoms. The van der Waals surface area contributed by atoms with Crippen molar-refractivity contribution in [3.8, 4) is 11.1 Å². The van der Waals surface area contributed by atoms with Gasteiger partial charge in [0, 0.05) is 6.54 Å². The molecule has 0 radical (unpaired) electrons. The Labute approximate surface area is 138 Å². The van der Waals surface area contributed by atoms with E-state index >= 15 is 0 Å². The molecular formula is C20H25NO2. The molecule has 0 aromatic heterocycles. The van der Waals surface area contributed by atoms with Crippen LogP contribution in [0.15, 0.2) is 48.5 Å². The van der Waals surface area contributed by atoms with E-state index in [-0.39, 0.29) is 0 Å². The maximum atomic E-state index is 11.1. The number of hydrogen-bond donors (Lipinski definition) is 2. The molecule has 0 aliphatic heterocycles. The number of aryl methyl sites for hydroxylation is 1. The molecule has 0 fully saturated rings. The van der Waals surface area contributed by atoms with E-state index in [1.165, 1.54) is 22.3 Å². The van der Waals surface area contributed by atoms with Gasteiger partial charge in [-0.1, -0.05) is 48.5 Å². The van der Waals surface area contributed by atoms with Crippen LogP contribution in [0.4, 0.5) is 0 Å². The lowest BCUT2D eigenvalue weighted by molar-refractivity contribution is -0.147. The highest BCUT2D eigenvalue weighted by Crippen LogP contribution is 2.26. The molecule has 2 N–H and O–H groups in total. The lowest BCUT2D eigenvalue weighted by atomic mass is 9.89. The van der Waals surface area contributed by atoms with Crippen molar-refractivity contribution in [2.75, 3.05) is 6.54 Å². The minimum absolute atomic E-state index is 0.606. The first-order chi connectivity index (χ1) is 10.9. The van der Waals surface area contributed by atoms with E-state index in [0.717, 1.165) is 6.54 Å². The van der Waals surface area contributed by atoms with Gasteiger partial charge in [0.1, 0.15) is 0 Å². The molecule has 0 saturated carbocycles. The topological polar surface area (TPSA) is 49.3 Å². The van der Waals surface area contributed by atoms with Crippen LogP contribution < -0.4 is 5.32 Å². The van der Waals surface area contributed by atoms with Gasteiger partial charge in [-0.25, -0.2) is 0 Å². The van der Waals surface area contributed by atoms with Crippen LogP contribution in [0.2, 0.25) is 0 Å². The average Bonchev–Trinajstić information content (AvgIpc) is 2.52. The second kappa shape index (κ2) is 7.42. The van der Waals surface area contributed by atoms with Gasteiger partial charge in [-0.15, -0.1) is 0 Å². The summed E-state index contributed by atoms with van der Waals surface area (Å²) in [6.45, 7) is 7.06. The molecule has 0 bridgehead atoms. The Morgan fingerprint density at radius 3 is 2.30 bits per heavy atom. The van der Waals surface area contributed by atoms with E-state index in [4.69, 9.17) is 5.11 Å². The fourth-order valence-electron chi connectivity index (χ4n) is 2.54. The normalized spacial score (nSPS) is 11.4. The summed E-state index contributed by atoms with van der Waals surface area (Å²) in [5, 5.41) is 12.5. The predicted octanol–water partition coefficient (Wildman–Crippen LogP) is 4.25. The second-order valence-corrected chi connectivity index (χ2v) is 6.59. The molecule has 0 amide bonds. The van der Waals surface area contributed by atoms with E-state index in [0.29, 0.717) is 13.0 Å². The quantitative estimate of drug-likeness (QED) is 0.751. The van der Waals surface area contributed by atoms with Crippen molar-refractivity contribution in [3.63, 3.8) is 0 Å². The highest BCUT2D eigenvalue weighted by Gasteiger charge is 2.26. The molecule has 3 nitrogen and oxygen atoms in total. The van der Waals surface area contributed by atoms with Gasteiger partial charge < -0.3 is 10.4 Å². The van der Waals surface area contributed by atoms with Crippen LogP contribution in [0.1, 0.15) is 31.4 Å². The van der Waals surface area contributed by atoms with E-state index in [1.807, 2.05) is 12.1 Å². The molecule has 0 unspecified atom stereocenters. The number of benzene rings is 2. The van der Waals surface area contributed by atoms with Gasteiger partial charge in [0.05, 0.1) is 5.41 Å². The van der Waals surface area contributed by atoms with Gasteiger partial charge in [0.15, 0.2) is 0 Å². The van der Waals surface area contributed by atoms with E-state index in [1.54, 1.807) is 13.8 Å². The molecule has 2 aromatic rings. The van der Waals surface area contributed by atoms with Gasteiger partial charge in [0.25, 0.3) is 0 Å². The first kappa shape index (κ1) is 17.2. The highest BCUT2D eigenvalue weighted by molar-refractivity contribution is 5.73. The Balaban J connectivity index is 2.05. The molecule has 0 atom stereocenters. The third-order valence-corrected chi connectivity index (χ3v) is 4.27. The monoisotopic (exact) mass is 311 g/mol. The molecule has 0 aliphatic rings. The minimum atomic E-state index is -0.750. The number of aliphatic carboxylic acids is 1. The van der Waals surface area contributed by atoms with Gasteiger partial charge in [-0.05, 0) is 56.0 Å². The first-order valence-electron chi connectivity index (χ1n) is 8.00. The Kier molecular flexibility index (Phi) is 5.56. The lowest BCUT2D eigenvalue weighted by Crippen LogP contribution is -2.28.